The summed E-state index contributed by atoms with van der Waals surface area (Å²) in [7, 11) is 3.48. The van der Waals surface area contributed by atoms with E-state index in [0.717, 1.165) is 21.5 Å². The fraction of sp³-hybridized carbons (Fsp3) is 0.333. The van der Waals surface area contributed by atoms with E-state index in [4.69, 9.17) is 10.5 Å². The predicted octanol–water partition coefficient (Wildman–Crippen LogP) is 1.83. The molecule has 0 aliphatic heterocycles. The van der Waals surface area contributed by atoms with Crippen LogP contribution < -0.4 is 10.5 Å². The standard InChI is InChI=1S/C12H15BrN4O/c1-17-7-9(15-16-17)6-11(14)8-3-4-12(18-2)10(13)5-8/h3-5,7,11H,6,14H2,1-2H3. The molecule has 0 radical (unpaired) electrons. The Morgan fingerprint density at radius 1 is 1.50 bits per heavy atom. The molecule has 1 aromatic heterocycles. The van der Waals surface area contributed by atoms with Crippen molar-refractivity contribution >= 4 is 15.9 Å². The number of ether oxygens (including phenoxy) is 1. The molecule has 0 aliphatic rings. The predicted molar refractivity (Wildman–Crippen MR) is 72.3 cm³/mol. The molecule has 1 atom stereocenters. The van der Waals surface area contributed by atoms with E-state index in [-0.39, 0.29) is 6.04 Å². The summed E-state index contributed by atoms with van der Waals surface area (Å²) < 4.78 is 7.76. The topological polar surface area (TPSA) is 66.0 Å². The Bertz CT molecular complexity index is 541. The van der Waals surface area contributed by atoms with Crippen molar-refractivity contribution in [2.45, 2.75) is 12.5 Å². The van der Waals surface area contributed by atoms with E-state index < -0.39 is 0 Å². The molecular weight excluding hydrogens is 296 g/mol. The molecule has 96 valence electrons. The first-order valence-electron chi connectivity index (χ1n) is 5.54. The van der Waals surface area contributed by atoms with Gasteiger partial charge in [-0.3, -0.25) is 4.68 Å². The minimum atomic E-state index is -0.107. The maximum absolute atomic E-state index is 6.16. The molecule has 1 unspecified atom stereocenters. The molecule has 0 amide bonds. The highest BCUT2D eigenvalue weighted by Gasteiger charge is 2.11. The molecule has 2 rings (SSSR count). The Morgan fingerprint density at radius 3 is 2.83 bits per heavy atom. The fourth-order valence-corrected chi connectivity index (χ4v) is 2.30. The van der Waals surface area contributed by atoms with Crippen molar-refractivity contribution in [2.75, 3.05) is 7.11 Å². The van der Waals surface area contributed by atoms with E-state index in [1.165, 1.54) is 0 Å². The van der Waals surface area contributed by atoms with Crippen molar-refractivity contribution in [3.8, 4) is 5.75 Å². The minimum absolute atomic E-state index is 0.107. The van der Waals surface area contributed by atoms with Gasteiger partial charge in [-0.2, -0.15) is 0 Å². The van der Waals surface area contributed by atoms with Crippen LogP contribution in [0.2, 0.25) is 0 Å². The molecule has 1 heterocycles. The molecule has 18 heavy (non-hydrogen) atoms. The molecule has 0 saturated heterocycles. The van der Waals surface area contributed by atoms with E-state index in [1.54, 1.807) is 11.8 Å². The van der Waals surface area contributed by atoms with Crippen LogP contribution in [0.1, 0.15) is 17.3 Å². The third-order valence-electron chi connectivity index (χ3n) is 2.68. The number of benzene rings is 1. The lowest BCUT2D eigenvalue weighted by atomic mass is 10.0. The summed E-state index contributed by atoms with van der Waals surface area (Å²) in [6.45, 7) is 0. The smallest absolute Gasteiger partial charge is 0.133 e. The SMILES string of the molecule is COc1ccc(C(N)Cc2cn(C)nn2)cc1Br. The molecule has 0 saturated carbocycles. The van der Waals surface area contributed by atoms with Crippen molar-refractivity contribution in [3.05, 3.63) is 40.1 Å². The Labute approximate surface area is 114 Å². The van der Waals surface area contributed by atoms with E-state index in [9.17, 15) is 0 Å². The van der Waals surface area contributed by atoms with E-state index in [0.29, 0.717) is 6.42 Å². The zero-order valence-corrected chi connectivity index (χ0v) is 11.9. The van der Waals surface area contributed by atoms with Crippen molar-refractivity contribution in [1.82, 2.24) is 15.0 Å². The summed E-state index contributed by atoms with van der Waals surface area (Å²) in [5, 5.41) is 7.92. The second kappa shape index (κ2) is 5.49. The lowest BCUT2D eigenvalue weighted by molar-refractivity contribution is 0.412. The lowest BCUT2D eigenvalue weighted by Gasteiger charge is -2.12. The van der Waals surface area contributed by atoms with Gasteiger partial charge in [0.2, 0.25) is 0 Å². The van der Waals surface area contributed by atoms with Crippen LogP contribution in [0.4, 0.5) is 0 Å². The summed E-state index contributed by atoms with van der Waals surface area (Å²) >= 11 is 3.45. The zero-order chi connectivity index (χ0) is 13.1. The Kier molecular flexibility index (Phi) is 3.98. The number of rotatable bonds is 4. The first-order valence-corrected chi connectivity index (χ1v) is 6.33. The summed E-state index contributed by atoms with van der Waals surface area (Å²) in [4.78, 5) is 0. The number of hydrogen-bond acceptors (Lipinski definition) is 4. The van der Waals surface area contributed by atoms with E-state index in [1.807, 2.05) is 31.4 Å². The highest BCUT2D eigenvalue weighted by molar-refractivity contribution is 9.10. The molecule has 2 N–H and O–H groups in total. The van der Waals surface area contributed by atoms with Gasteiger partial charge in [-0.05, 0) is 33.6 Å². The Hall–Kier alpha value is -1.40. The van der Waals surface area contributed by atoms with Crippen LogP contribution in [0.5, 0.6) is 5.75 Å². The Morgan fingerprint density at radius 2 is 2.28 bits per heavy atom. The average molecular weight is 311 g/mol. The van der Waals surface area contributed by atoms with Crippen LogP contribution >= 0.6 is 15.9 Å². The van der Waals surface area contributed by atoms with Crippen molar-refractivity contribution in [3.63, 3.8) is 0 Å². The highest BCUT2D eigenvalue weighted by Crippen LogP contribution is 2.28. The fourth-order valence-electron chi connectivity index (χ4n) is 1.75. The summed E-state index contributed by atoms with van der Waals surface area (Å²) in [5.41, 5.74) is 8.08. The average Bonchev–Trinajstić information content (AvgIpc) is 2.74. The maximum atomic E-state index is 6.16. The summed E-state index contributed by atoms with van der Waals surface area (Å²) in [6.07, 6.45) is 2.53. The molecule has 6 heteroatoms. The lowest BCUT2D eigenvalue weighted by Crippen LogP contribution is -2.13. The zero-order valence-electron chi connectivity index (χ0n) is 10.3. The molecular formula is C12H15BrN4O. The van der Waals surface area contributed by atoms with Gasteiger partial charge in [-0.15, -0.1) is 5.10 Å². The second-order valence-electron chi connectivity index (χ2n) is 4.09. The largest absolute Gasteiger partial charge is 0.496 e. The van der Waals surface area contributed by atoms with Crippen LogP contribution in [0.3, 0.4) is 0 Å². The van der Waals surface area contributed by atoms with Gasteiger partial charge in [0.25, 0.3) is 0 Å². The van der Waals surface area contributed by atoms with Crippen molar-refractivity contribution in [1.29, 1.82) is 0 Å². The molecule has 2 aromatic rings. The quantitative estimate of drug-likeness (QED) is 0.935. The van der Waals surface area contributed by atoms with Crippen LogP contribution in [0.25, 0.3) is 0 Å². The minimum Gasteiger partial charge on any atom is -0.496 e. The van der Waals surface area contributed by atoms with Crippen LogP contribution in [0.15, 0.2) is 28.9 Å². The van der Waals surface area contributed by atoms with Gasteiger partial charge in [-0.25, -0.2) is 0 Å². The van der Waals surface area contributed by atoms with Crippen molar-refractivity contribution in [2.24, 2.45) is 12.8 Å². The molecule has 0 fully saturated rings. The third-order valence-corrected chi connectivity index (χ3v) is 3.30. The van der Waals surface area contributed by atoms with Gasteiger partial charge >= 0.3 is 0 Å². The number of methoxy groups -OCH3 is 1. The van der Waals surface area contributed by atoms with Gasteiger partial charge in [0.1, 0.15) is 5.75 Å². The number of aromatic nitrogens is 3. The van der Waals surface area contributed by atoms with Gasteiger partial charge in [0.05, 0.1) is 17.3 Å². The number of halogens is 1. The third kappa shape index (κ3) is 2.88. The van der Waals surface area contributed by atoms with Gasteiger partial charge in [-0.1, -0.05) is 11.3 Å². The number of nitrogens with zero attached hydrogens (tertiary/aromatic N) is 3. The van der Waals surface area contributed by atoms with E-state index >= 15 is 0 Å². The first-order chi connectivity index (χ1) is 8.60. The van der Waals surface area contributed by atoms with Crippen LogP contribution in [0, 0.1) is 0 Å². The van der Waals surface area contributed by atoms with Crippen molar-refractivity contribution < 1.29 is 4.74 Å². The molecule has 0 aliphatic carbocycles. The number of nitrogens with two attached hydrogens (primary N) is 1. The highest BCUT2D eigenvalue weighted by atomic mass is 79.9. The molecule has 5 nitrogen and oxygen atoms in total. The second-order valence-corrected chi connectivity index (χ2v) is 4.94. The van der Waals surface area contributed by atoms with Crippen LogP contribution in [-0.4, -0.2) is 22.1 Å². The summed E-state index contributed by atoms with van der Waals surface area (Å²) in [5.74, 6) is 0.797. The molecule has 0 bridgehead atoms. The number of aryl methyl sites for hydroxylation is 1. The van der Waals surface area contributed by atoms with Crippen LogP contribution in [-0.2, 0) is 13.5 Å². The van der Waals surface area contributed by atoms with Gasteiger partial charge in [0.15, 0.2) is 0 Å². The molecule has 1 aromatic carbocycles. The first kappa shape index (κ1) is 13.0. The summed E-state index contributed by atoms with van der Waals surface area (Å²) in [6, 6.07) is 5.73. The monoisotopic (exact) mass is 310 g/mol. The molecule has 0 spiro atoms. The Balaban J connectivity index is 2.13. The van der Waals surface area contributed by atoms with E-state index in [2.05, 4.69) is 26.2 Å². The normalized spacial score (nSPS) is 12.4. The maximum Gasteiger partial charge on any atom is 0.133 e. The number of hydrogen-bond donors (Lipinski definition) is 1. The van der Waals surface area contributed by atoms with Gasteiger partial charge in [0, 0.05) is 25.7 Å². The van der Waals surface area contributed by atoms with Gasteiger partial charge < -0.3 is 10.5 Å².